The number of carboxylic acids is 1. The number of benzene rings is 3. The van der Waals surface area contributed by atoms with Gasteiger partial charge in [-0.2, -0.15) is 0 Å². The Morgan fingerprint density at radius 2 is 1.76 bits per heavy atom. The van der Waals surface area contributed by atoms with Crippen LogP contribution < -0.4 is 20.5 Å². The lowest BCUT2D eigenvalue weighted by Gasteiger charge is -2.14. The molecule has 5 N–H and O–H groups in total. The Hall–Kier alpha value is -3.55. The molecule has 0 aliphatic heterocycles. The topological polar surface area (TPSA) is 114 Å². The molecule has 1 atom stereocenters. The number of aliphatic hydroxyl groups is 1. The highest BCUT2D eigenvalue weighted by atomic mass is 16.5. The predicted octanol–water partition coefficient (Wildman–Crippen LogP) is 4.12. The van der Waals surface area contributed by atoms with E-state index in [-0.39, 0.29) is 11.7 Å². The average molecular weight is 451 g/mol. The van der Waals surface area contributed by atoms with Gasteiger partial charge >= 0.3 is 5.97 Å². The van der Waals surface area contributed by atoms with Crippen molar-refractivity contribution in [3.05, 3.63) is 77.9 Å². The van der Waals surface area contributed by atoms with Gasteiger partial charge in [0.1, 0.15) is 23.7 Å². The van der Waals surface area contributed by atoms with E-state index in [1.54, 1.807) is 30.3 Å². The zero-order valence-corrected chi connectivity index (χ0v) is 18.8. The van der Waals surface area contributed by atoms with Gasteiger partial charge < -0.3 is 30.7 Å². The van der Waals surface area contributed by atoms with Crippen LogP contribution in [0.25, 0.3) is 11.1 Å². The molecule has 3 aromatic carbocycles. The molecule has 7 heteroatoms. The van der Waals surface area contributed by atoms with Crippen LogP contribution in [0.4, 0.5) is 5.69 Å². The van der Waals surface area contributed by atoms with Crippen LogP contribution >= 0.6 is 0 Å². The van der Waals surface area contributed by atoms with Gasteiger partial charge in [0.15, 0.2) is 0 Å². The van der Waals surface area contributed by atoms with Crippen LogP contribution in [0.15, 0.2) is 66.7 Å². The first-order valence-corrected chi connectivity index (χ1v) is 10.8. The standard InChI is InChI=1S/C26H30N2O5/c1-17(2)33-25-15-19(8-11-23(25)26(30)31)18-6-9-22(10-7-18)32-13-12-28-16-24(29)20-4-3-5-21(27)14-20/h3-11,14-15,17,24,28-29H,12-13,16,27H2,1-2H3,(H,30,31)/t24-/m0/s1. The van der Waals surface area contributed by atoms with Gasteiger partial charge in [-0.05, 0) is 66.9 Å². The number of hydrogen-bond acceptors (Lipinski definition) is 6. The minimum absolute atomic E-state index is 0.130. The Labute approximate surface area is 193 Å². The minimum Gasteiger partial charge on any atom is -0.492 e. The molecule has 174 valence electrons. The first kappa shape index (κ1) is 24.1. The monoisotopic (exact) mass is 450 g/mol. The molecule has 0 bridgehead atoms. The predicted molar refractivity (Wildman–Crippen MR) is 129 cm³/mol. The molecule has 0 aromatic heterocycles. The van der Waals surface area contributed by atoms with Crippen LogP contribution in [-0.2, 0) is 0 Å². The molecule has 33 heavy (non-hydrogen) atoms. The Morgan fingerprint density at radius 3 is 2.42 bits per heavy atom. The summed E-state index contributed by atoms with van der Waals surface area (Å²) < 4.78 is 11.4. The lowest BCUT2D eigenvalue weighted by atomic mass is 10.0. The highest BCUT2D eigenvalue weighted by molar-refractivity contribution is 5.92. The van der Waals surface area contributed by atoms with E-state index in [2.05, 4.69) is 5.32 Å². The van der Waals surface area contributed by atoms with Crippen molar-refractivity contribution in [3.63, 3.8) is 0 Å². The minimum atomic E-state index is -1.02. The number of carbonyl (C=O) groups is 1. The maximum Gasteiger partial charge on any atom is 0.339 e. The van der Waals surface area contributed by atoms with E-state index in [0.29, 0.717) is 31.1 Å². The molecule has 0 heterocycles. The fraction of sp³-hybridized carbons (Fsp3) is 0.269. The normalized spacial score (nSPS) is 11.9. The van der Waals surface area contributed by atoms with Crippen molar-refractivity contribution in [2.45, 2.75) is 26.1 Å². The van der Waals surface area contributed by atoms with Crippen molar-refractivity contribution in [1.82, 2.24) is 5.32 Å². The van der Waals surface area contributed by atoms with Gasteiger partial charge in [-0.25, -0.2) is 4.79 Å². The number of aliphatic hydroxyl groups excluding tert-OH is 1. The van der Waals surface area contributed by atoms with Crippen molar-refractivity contribution < 1.29 is 24.5 Å². The molecule has 0 aliphatic rings. The third-order valence-electron chi connectivity index (χ3n) is 4.94. The second-order valence-electron chi connectivity index (χ2n) is 7.95. The number of nitrogen functional groups attached to an aromatic ring is 1. The number of carboxylic acid groups (broad SMARTS) is 1. The summed E-state index contributed by atoms with van der Waals surface area (Å²) in [6, 6.07) is 19.8. The van der Waals surface area contributed by atoms with Crippen molar-refractivity contribution >= 4 is 11.7 Å². The van der Waals surface area contributed by atoms with Gasteiger partial charge in [0.05, 0.1) is 12.2 Å². The molecule has 0 radical (unpaired) electrons. The molecule has 0 amide bonds. The Bertz CT molecular complexity index is 1070. The summed E-state index contributed by atoms with van der Waals surface area (Å²) in [6.07, 6.45) is -0.764. The van der Waals surface area contributed by atoms with Crippen molar-refractivity contribution in [3.8, 4) is 22.6 Å². The van der Waals surface area contributed by atoms with Crippen LogP contribution in [0.3, 0.4) is 0 Å². The second-order valence-corrected chi connectivity index (χ2v) is 7.95. The van der Waals surface area contributed by atoms with E-state index in [0.717, 1.165) is 22.4 Å². The fourth-order valence-corrected chi connectivity index (χ4v) is 3.34. The number of nitrogens with one attached hydrogen (secondary N) is 1. The number of hydrogen-bond donors (Lipinski definition) is 4. The van der Waals surface area contributed by atoms with E-state index >= 15 is 0 Å². The number of anilines is 1. The molecule has 3 aromatic rings. The SMILES string of the molecule is CC(C)Oc1cc(-c2ccc(OCCNC[C@H](O)c3cccc(N)c3)cc2)ccc1C(=O)O. The van der Waals surface area contributed by atoms with Crippen LogP contribution in [0.5, 0.6) is 11.5 Å². The zero-order chi connectivity index (χ0) is 23.8. The Kier molecular flexibility index (Phi) is 8.29. The van der Waals surface area contributed by atoms with E-state index < -0.39 is 12.1 Å². The van der Waals surface area contributed by atoms with Crippen molar-refractivity contribution in [2.24, 2.45) is 0 Å². The van der Waals surface area contributed by atoms with Gasteiger partial charge in [-0.15, -0.1) is 0 Å². The van der Waals surface area contributed by atoms with Gasteiger partial charge in [-0.1, -0.05) is 30.3 Å². The van der Waals surface area contributed by atoms with Crippen molar-refractivity contribution in [2.75, 3.05) is 25.4 Å². The maximum absolute atomic E-state index is 11.4. The van der Waals surface area contributed by atoms with E-state index in [4.69, 9.17) is 15.2 Å². The highest BCUT2D eigenvalue weighted by Gasteiger charge is 2.14. The summed E-state index contributed by atoms with van der Waals surface area (Å²) in [7, 11) is 0. The molecule has 3 rings (SSSR count). The number of ether oxygens (including phenoxy) is 2. The van der Waals surface area contributed by atoms with E-state index in [9.17, 15) is 15.0 Å². The van der Waals surface area contributed by atoms with Crippen molar-refractivity contribution in [1.29, 1.82) is 0 Å². The Morgan fingerprint density at radius 1 is 1.03 bits per heavy atom. The van der Waals surface area contributed by atoms with Crippen LogP contribution in [0.1, 0.15) is 35.9 Å². The summed E-state index contributed by atoms with van der Waals surface area (Å²) >= 11 is 0. The van der Waals surface area contributed by atoms with Gasteiger partial charge in [0, 0.05) is 18.8 Å². The first-order valence-electron chi connectivity index (χ1n) is 10.8. The lowest BCUT2D eigenvalue weighted by Crippen LogP contribution is -2.26. The van der Waals surface area contributed by atoms with Gasteiger partial charge in [0.2, 0.25) is 0 Å². The second kappa shape index (κ2) is 11.4. The summed E-state index contributed by atoms with van der Waals surface area (Å²) in [5.74, 6) is 0.0505. The van der Waals surface area contributed by atoms with E-state index in [1.807, 2.05) is 50.2 Å². The third-order valence-corrected chi connectivity index (χ3v) is 4.94. The molecular weight excluding hydrogens is 420 g/mol. The Balaban J connectivity index is 1.51. The van der Waals surface area contributed by atoms with E-state index in [1.165, 1.54) is 0 Å². The molecule has 0 aliphatic carbocycles. The molecule has 0 saturated heterocycles. The molecule has 0 fully saturated rings. The molecular formula is C26H30N2O5. The highest BCUT2D eigenvalue weighted by Crippen LogP contribution is 2.29. The first-order chi connectivity index (χ1) is 15.8. The molecule has 0 saturated carbocycles. The largest absolute Gasteiger partial charge is 0.492 e. The van der Waals surface area contributed by atoms with Crippen LogP contribution in [0, 0.1) is 0 Å². The number of nitrogens with two attached hydrogens (primary N) is 1. The summed E-state index contributed by atoms with van der Waals surface area (Å²) in [5.41, 5.74) is 9.08. The number of aromatic carboxylic acids is 1. The molecule has 0 unspecified atom stereocenters. The van der Waals surface area contributed by atoms with Crippen LogP contribution in [-0.4, -0.2) is 42.0 Å². The quantitative estimate of drug-likeness (QED) is 0.257. The van der Waals surface area contributed by atoms with Gasteiger partial charge in [0.25, 0.3) is 0 Å². The smallest absolute Gasteiger partial charge is 0.339 e. The summed E-state index contributed by atoms with van der Waals surface area (Å²) in [6.45, 7) is 5.14. The number of rotatable bonds is 11. The lowest BCUT2D eigenvalue weighted by molar-refractivity contribution is 0.0690. The van der Waals surface area contributed by atoms with Crippen LogP contribution in [0.2, 0.25) is 0 Å². The fourth-order valence-electron chi connectivity index (χ4n) is 3.34. The average Bonchev–Trinajstić information content (AvgIpc) is 2.78. The molecule has 7 nitrogen and oxygen atoms in total. The summed E-state index contributed by atoms with van der Waals surface area (Å²) in [4.78, 5) is 11.4. The molecule has 0 spiro atoms. The van der Waals surface area contributed by atoms with Gasteiger partial charge in [-0.3, -0.25) is 0 Å². The maximum atomic E-state index is 11.4. The summed E-state index contributed by atoms with van der Waals surface area (Å²) in [5, 5.41) is 22.8. The zero-order valence-electron chi connectivity index (χ0n) is 18.8. The third kappa shape index (κ3) is 6.97.